The maximum atomic E-state index is 11.8. The Morgan fingerprint density at radius 3 is 2.24 bits per heavy atom. The molecule has 0 unspecified atom stereocenters. The Balaban J connectivity index is 3.62. The summed E-state index contributed by atoms with van der Waals surface area (Å²) in [6, 6.07) is 0.133. The molecule has 0 radical (unpaired) electrons. The Kier molecular flexibility index (Phi) is 7.18. The summed E-state index contributed by atoms with van der Waals surface area (Å²) in [5.74, 6) is -0.0444. The lowest BCUT2D eigenvalue weighted by Gasteiger charge is -2.15. The van der Waals surface area contributed by atoms with Gasteiger partial charge in [-0.25, -0.2) is 0 Å². The van der Waals surface area contributed by atoms with Crippen molar-refractivity contribution in [2.75, 3.05) is 13.1 Å². The molecule has 0 aromatic heterocycles. The van der Waals surface area contributed by atoms with Gasteiger partial charge in [0.15, 0.2) is 0 Å². The molecule has 1 atom stereocenters. The van der Waals surface area contributed by atoms with Crippen molar-refractivity contribution in [2.24, 2.45) is 5.92 Å². The summed E-state index contributed by atoms with van der Waals surface area (Å²) in [7, 11) is 0. The molecule has 0 aliphatic carbocycles. The molecule has 0 aliphatic rings. The maximum Gasteiger partial charge on any atom is 0.405 e. The molecule has 0 aliphatic heterocycles. The molecule has 0 heterocycles. The van der Waals surface area contributed by atoms with Gasteiger partial charge in [-0.3, -0.25) is 4.79 Å². The largest absolute Gasteiger partial charge is 0.405 e. The Morgan fingerprint density at radius 1 is 1.18 bits per heavy atom. The van der Waals surface area contributed by atoms with E-state index in [-0.39, 0.29) is 12.6 Å². The zero-order valence-electron chi connectivity index (χ0n) is 10.5. The van der Waals surface area contributed by atoms with Crippen LogP contribution in [0.4, 0.5) is 13.2 Å². The lowest BCUT2D eigenvalue weighted by Crippen LogP contribution is -2.41. The van der Waals surface area contributed by atoms with E-state index in [1.807, 2.05) is 12.2 Å². The number of alkyl halides is 3. The van der Waals surface area contributed by atoms with E-state index >= 15 is 0 Å². The molecule has 0 spiro atoms. The smallest absolute Gasteiger partial charge is 0.346 e. The molecule has 0 saturated heterocycles. The van der Waals surface area contributed by atoms with Crippen molar-refractivity contribution < 1.29 is 18.0 Å². The number of hydrogen-bond acceptors (Lipinski definition) is 2. The van der Waals surface area contributed by atoms with E-state index in [9.17, 15) is 18.0 Å². The molecule has 17 heavy (non-hydrogen) atoms. The molecule has 0 fully saturated rings. The van der Waals surface area contributed by atoms with E-state index in [4.69, 9.17) is 0 Å². The van der Waals surface area contributed by atoms with Crippen LogP contribution in [0.25, 0.3) is 0 Å². The normalized spacial score (nSPS) is 13.8. The molecule has 0 rings (SSSR count). The number of amides is 1. The minimum atomic E-state index is -4.35. The minimum Gasteiger partial charge on any atom is -0.346 e. The first-order valence-electron chi connectivity index (χ1n) is 5.77. The van der Waals surface area contributed by atoms with Crippen LogP contribution >= 0.6 is 0 Å². The van der Waals surface area contributed by atoms with Gasteiger partial charge in [0.25, 0.3) is 0 Å². The van der Waals surface area contributed by atoms with E-state index in [0.717, 1.165) is 12.8 Å². The van der Waals surface area contributed by atoms with E-state index in [2.05, 4.69) is 19.2 Å². The van der Waals surface area contributed by atoms with Gasteiger partial charge in [0.2, 0.25) is 5.91 Å². The van der Waals surface area contributed by atoms with E-state index in [0.29, 0.717) is 5.92 Å². The topological polar surface area (TPSA) is 41.1 Å². The predicted octanol–water partition coefficient (Wildman–Crippen LogP) is 2.08. The van der Waals surface area contributed by atoms with Gasteiger partial charge in [0.05, 0.1) is 6.54 Å². The Hall–Kier alpha value is -0.780. The van der Waals surface area contributed by atoms with Crippen molar-refractivity contribution >= 4 is 5.91 Å². The summed E-state index contributed by atoms with van der Waals surface area (Å²) in [6.45, 7) is 4.77. The second kappa shape index (κ2) is 7.53. The molecule has 0 aromatic rings. The van der Waals surface area contributed by atoms with E-state index in [1.165, 1.54) is 0 Å². The fourth-order valence-corrected chi connectivity index (χ4v) is 1.21. The first-order valence-corrected chi connectivity index (χ1v) is 5.77. The molecule has 3 nitrogen and oxygen atoms in total. The zero-order chi connectivity index (χ0) is 13.5. The molecule has 1 amide bonds. The third-order valence-electron chi connectivity index (χ3n) is 2.27. The summed E-state index contributed by atoms with van der Waals surface area (Å²) in [6.07, 6.45) is -2.42. The maximum absolute atomic E-state index is 11.8. The Morgan fingerprint density at radius 2 is 1.76 bits per heavy atom. The number of carbonyl (C=O) groups excluding carboxylic acids is 1. The molecular weight excluding hydrogens is 233 g/mol. The first-order chi connectivity index (χ1) is 7.70. The highest BCUT2D eigenvalue weighted by Gasteiger charge is 2.27. The number of nitrogens with one attached hydrogen (secondary N) is 2. The van der Waals surface area contributed by atoms with Crippen LogP contribution in [0.5, 0.6) is 0 Å². The average Bonchev–Trinajstić information content (AvgIpc) is 2.19. The lowest BCUT2D eigenvalue weighted by atomic mass is 10.0. The molecule has 2 N–H and O–H groups in total. The number of halogens is 3. The van der Waals surface area contributed by atoms with Gasteiger partial charge in [-0.1, -0.05) is 13.8 Å². The summed E-state index contributed by atoms with van der Waals surface area (Å²) in [5.41, 5.74) is 0. The standard InChI is InChI=1S/C11H21F3N2O/c1-8(2)4-5-9(3)15-6-10(17)16-7-11(12,13)14/h8-9,15H,4-7H2,1-3H3,(H,16,17)/t9-/m0/s1. The van der Waals surface area contributed by atoms with Gasteiger partial charge in [-0.05, 0) is 25.7 Å². The summed E-state index contributed by atoms with van der Waals surface area (Å²) in [5, 5.41) is 4.71. The highest BCUT2D eigenvalue weighted by atomic mass is 19.4. The van der Waals surface area contributed by atoms with Crippen molar-refractivity contribution in [1.82, 2.24) is 10.6 Å². The van der Waals surface area contributed by atoms with Gasteiger partial charge in [-0.15, -0.1) is 0 Å². The highest BCUT2D eigenvalue weighted by molar-refractivity contribution is 5.78. The lowest BCUT2D eigenvalue weighted by molar-refractivity contribution is -0.137. The van der Waals surface area contributed by atoms with Crippen LogP contribution in [0.1, 0.15) is 33.6 Å². The molecule has 6 heteroatoms. The third kappa shape index (κ3) is 11.5. The van der Waals surface area contributed by atoms with Gasteiger partial charge in [0.1, 0.15) is 6.54 Å². The summed E-state index contributed by atoms with van der Waals surface area (Å²) < 4.78 is 35.4. The predicted molar refractivity (Wildman–Crippen MR) is 60.6 cm³/mol. The Bertz CT molecular complexity index is 229. The van der Waals surface area contributed by atoms with Crippen LogP contribution in [-0.2, 0) is 4.79 Å². The third-order valence-corrected chi connectivity index (χ3v) is 2.27. The van der Waals surface area contributed by atoms with Crippen molar-refractivity contribution in [1.29, 1.82) is 0 Å². The van der Waals surface area contributed by atoms with Gasteiger partial charge in [-0.2, -0.15) is 13.2 Å². The summed E-state index contributed by atoms with van der Waals surface area (Å²) in [4.78, 5) is 11.1. The fraction of sp³-hybridized carbons (Fsp3) is 0.909. The van der Waals surface area contributed by atoms with Crippen LogP contribution in [0.2, 0.25) is 0 Å². The molecule has 102 valence electrons. The van der Waals surface area contributed by atoms with Crippen molar-refractivity contribution in [3.8, 4) is 0 Å². The quantitative estimate of drug-likeness (QED) is 0.730. The summed E-state index contributed by atoms with van der Waals surface area (Å²) >= 11 is 0. The van der Waals surface area contributed by atoms with E-state index < -0.39 is 18.6 Å². The molecular formula is C11H21F3N2O. The van der Waals surface area contributed by atoms with Crippen molar-refractivity contribution in [3.05, 3.63) is 0 Å². The van der Waals surface area contributed by atoms with Gasteiger partial charge < -0.3 is 10.6 Å². The minimum absolute atomic E-state index is 0.0741. The first kappa shape index (κ1) is 16.2. The van der Waals surface area contributed by atoms with Crippen molar-refractivity contribution in [3.63, 3.8) is 0 Å². The molecule has 0 saturated carbocycles. The van der Waals surface area contributed by atoms with E-state index in [1.54, 1.807) is 0 Å². The van der Waals surface area contributed by atoms with Crippen molar-refractivity contribution in [2.45, 2.75) is 45.8 Å². The second-order valence-electron chi connectivity index (χ2n) is 4.65. The van der Waals surface area contributed by atoms with Crippen LogP contribution in [-0.4, -0.2) is 31.2 Å². The van der Waals surface area contributed by atoms with Crippen LogP contribution in [0.3, 0.4) is 0 Å². The van der Waals surface area contributed by atoms with Crippen LogP contribution < -0.4 is 10.6 Å². The average molecular weight is 254 g/mol. The SMILES string of the molecule is CC(C)CC[C@H](C)NCC(=O)NCC(F)(F)F. The highest BCUT2D eigenvalue weighted by Crippen LogP contribution is 2.11. The van der Waals surface area contributed by atoms with Gasteiger partial charge >= 0.3 is 6.18 Å². The van der Waals surface area contributed by atoms with Gasteiger partial charge in [0, 0.05) is 6.04 Å². The number of hydrogen-bond donors (Lipinski definition) is 2. The molecule has 0 bridgehead atoms. The number of carbonyl (C=O) groups is 1. The van der Waals surface area contributed by atoms with Crippen LogP contribution in [0.15, 0.2) is 0 Å². The zero-order valence-corrected chi connectivity index (χ0v) is 10.5. The number of rotatable bonds is 7. The monoisotopic (exact) mass is 254 g/mol. The Labute approximate surface area is 100 Å². The molecule has 0 aromatic carbocycles. The second-order valence-corrected chi connectivity index (χ2v) is 4.65. The van der Waals surface area contributed by atoms with Crippen LogP contribution in [0, 0.1) is 5.92 Å². The fourth-order valence-electron chi connectivity index (χ4n) is 1.21.